The molecule has 2 rings (SSSR count). The van der Waals surface area contributed by atoms with Crippen LogP contribution in [0.3, 0.4) is 0 Å². The lowest BCUT2D eigenvalue weighted by molar-refractivity contribution is 0.285. The quantitative estimate of drug-likeness (QED) is 0.746. The van der Waals surface area contributed by atoms with Gasteiger partial charge in [0.15, 0.2) is 0 Å². The highest BCUT2D eigenvalue weighted by Gasteiger charge is 2.28. The first-order valence-corrected chi connectivity index (χ1v) is 6.11. The third kappa shape index (κ3) is 2.95. The fraction of sp³-hybridized carbons (Fsp3) is 0.615. The number of anilines is 1. The van der Waals surface area contributed by atoms with Gasteiger partial charge in [-0.15, -0.1) is 0 Å². The minimum absolute atomic E-state index is 0.299. The summed E-state index contributed by atoms with van der Waals surface area (Å²) < 4.78 is 0. The molecule has 0 bridgehead atoms. The van der Waals surface area contributed by atoms with Crippen molar-refractivity contribution in [2.45, 2.75) is 38.6 Å². The number of aromatic nitrogens is 1. The number of aliphatic hydroxyl groups excluding tert-OH is 1. The number of rotatable bonds is 6. The Morgan fingerprint density at radius 3 is 2.88 bits per heavy atom. The van der Waals surface area contributed by atoms with Crippen molar-refractivity contribution in [3.63, 3.8) is 0 Å². The summed E-state index contributed by atoms with van der Waals surface area (Å²) >= 11 is 0. The lowest BCUT2D eigenvalue weighted by atomic mass is 10.2. The molecule has 0 aliphatic heterocycles. The molecule has 3 nitrogen and oxygen atoms in total. The smallest absolute Gasteiger partial charge is 0.0431 e. The van der Waals surface area contributed by atoms with Crippen molar-refractivity contribution in [3.05, 3.63) is 24.0 Å². The SMILES string of the molecule is Cc1cc(N(CCCCO)C2CC2)ccn1. The Labute approximate surface area is 97.1 Å². The van der Waals surface area contributed by atoms with Crippen molar-refractivity contribution < 1.29 is 5.11 Å². The second-order valence-electron chi connectivity index (χ2n) is 4.51. The van der Waals surface area contributed by atoms with Crippen LogP contribution in [0.5, 0.6) is 0 Å². The van der Waals surface area contributed by atoms with Crippen molar-refractivity contribution in [1.82, 2.24) is 4.98 Å². The van der Waals surface area contributed by atoms with Gasteiger partial charge in [0.25, 0.3) is 0 Å². The van der Waals surface area contributed by atoms with Crippen molar-refractivity contribution >= 4 is 5.69 Å². The lowest BCUT2D eigenvalue weighted by Crippen LogP contribution is -2.27. The van der Waals surface area contributed by atoms with E-state index in [0.717, 1.165) is 31.1 Å². The summed E-state index contributed by atoms with van der Waals surface area (Å²) in [6.07, 6.45) is 6.45. The predicted octanol–water partition coefficient (Wildman–Crippen LogP) is 2.13. The molecule has 3 heteroatoms. The van der Waals surface area contributed by atoms with Gasteiger partial charge >= 0.3 is 0 Å². The van der Waals surface area contributed by atoms with Crippen LogP contribution in [0.15, 0.2) is 18.3 Å². The average molecular weight is 220 g/mol. The third-order valence-electron chi connectivity index (χ3n) is 3.01. The largest absolute Gasteiger partial charge is 0.396 e. The monoisotopic (exact) mass is 220 g/mol. The maximum atomic E-state index is 8.82. The Kier molecular flexibility index (Phi) is 3.78. The van der Waals surface area contributed by atoms with Crippen LogP contribution >= 0.6 is 0 Å². The number of hydrogen-bond acceptors (Lipinski definition) is 3. The minimum atomic E-state index is 0.299. The molecule has 0 radical (unpaired) electrons. The summed E-state index contributed by atoms with van der Waals surface area (Å²) in [6.45, 7) is 3.38. The number of nitrogens with zero attached hydrogens (tertiary/aromatic N) is 2. The Morgan fingerprint density at radius 2 is 2.25 bits per heavy atom. The zero-order chi connectivity index (χ0) is 11.4. The van der Waals surface area contributed by atoms with E-state index in [4.69, 9.17) is 5.11 Å². The maximum absolute atomic E-state index is 8.82. The summed E-state index contributed by atoms with van der Waals surface area (Å²) in [6, 6.07) is 4.96. The highest BCUT2D eigenvalue weighted by Crippen LogP contribution is 2.31. The van der Waals surface area contributed by atoms with Crippen LogP contribution in [0, 0.1) is 6.92 Å². The van der Waals surface area contributed by atoms with Gasteiger partial charge in [0.2, 0.25) is 0 Å². The summed E-state index contributed by atoms with van der Waals surface area (Å²) in [5.41, 5.74) is 2.36. The van der Waals surface area contributed by atoms with Gasteiger partial charge in [-0.3, -0.25) is 4.98 Å². The van der Waals surface area contributed by atoms with E-state index in [1.54, 1.807) is 0 Å². The van der Waals surface area contributed by atoms with Crippen LogP contribution in [0.4, 0.5) is 5.69 Å². The Bertz CT molecular complexity index is 336. The highest BCUT2D eigenvalue weighted by atomic mass is 16.2. The highest BCUT2D eigenvalue weighted by molar-refractivity contribution is 5.48. The zero-order valence-electron chi connectivity index (χ0n) is 9.89. The van der Waals surface area contributed by atoms with Crippen LogP contribution in [0.1, 0.15) is 31.4 Å². The van der Waals surface area contributed by atoms with Crippen LogP contribution in [-0.4, -0.2) is 29.3 Å². The number of unbranched alkanes of at least 4 members (excludes halogenated alkanes) is 1. The van der Waals surface area contributed by atoms with E-state index in [1.165, 1.54) is 18.5 Å². The molecular formula is C13H20N2O. The molecule has 1 heterocycles. The number of pyridine rings is 1. The predicted molar refractivity (Wildman–Crippen MR) is 65.7 cm³/mol. The van der Waals surface area contributed by atoms with Gasteiger partial charge in [0.1, 0.15) is 0 Å². The number of aryl methyl sites for hydroxylation is 1. The first kappa shape index (κ1) is 11.4. The summed E-state index contributed by atoms with van der Waals surface area (Å²) in [7, 11) is 0. The molecule has 1 N–H and O–H groups in total. The van der Waals surface area contributed by atoms with Gasteiger partial charge < -0.3 is 10.0 Å². The molecule has 0 atom stereocenters. The van der Waals surface area contributed by atoms with E-state index in [9.17, 15) is 0 Å². The molecule has 0 saturated heterocycles. The van der Waals surface area contributed by atoms with Crippen LogP contribution in [0.25, 0.3) is 0 Å². The molecular weight excluding hydrogens is 200 g/mol. The van der Waals surface area contributed by atoms with Crippen molar-refractivity contribution in [2.75, 3.05) is 18.1 Å². The van der Waals surface area contributed by atoms with Crippen molar-refractivity contribution in [2.24, 2.45) is 0 Å². The number of hydrogen-bond donors (Lipinski definition) is 1. The molecule has 1 fully saturated rings. The van der Waals surface area contributed by atoms with Gasteiger partial charge in [-0.25, -0.2) is 0 Å². The molecule has 0 amide bonds. The van der Waals surface area contributed by atoms with Crippen molar-refractivity contribution in [3.8, 4) is 0 Å². The van der Waals surface area contributed by atoms with Crippen LogP contribution in [-0.2, 0) is 0 Å². The van der Waals surface area contributed by atoms with E-state index in [1.807, 2.05) is 13.1 Å². The van der Waals surface area contributed by atoms with Gasteiger partial charge in [-0.2, -0.15) is 0 Å². The topological polar surface area (TPSA) is 36.4 Å². The third-order valence-corrected chi connectivity index (χ3v) is 3.01. The Hall–Kier alpha value is -1.09. The summed E-state index contributed by atoms with van der Waals surface area (Å²) in [5.74, 6) is 0. The zero-order valence-corrected chi connectivity index (χ0v) is 9.89. The van der Waals surface area contributed by atoms with Crippen molar-refractivity contribution in [1.29, 1.82) is 0 Å². The molecule has 1 saturated carbocycles. The lowest BCUT2D eigenvalue weighted by Gasteiger charge is -2.24. The standard InChI is InChI=1S/C13H20N2O/c1-11-10-13(6-7-14-11)15(12-4-5-12)8-2-3-9-16/h6-7,10,12,16H,2-5,8-9H2,1H3. The van der Waals surface area contributed by atoms with Crippen LogP contribution < -0.4 is 4.90 Å². The molecule has 1 aromatic heterocycles. The summed E-state index contributed by atoms with van der Waals surface area (Å²) in [5, 5.41) is 8.82. The van der Waals surface area contributed by atoms with E-state index >= 15 is 0 Å². The fourth-order valence-corrected chi connectivity index (χ4v) is 2.01. The summed E-state index contributed by atoms with van der Waals surface area (Å²) in [4.78, 5) is 6.69. The molecule has 0 aromatic carbocycles. The van der Waals surface area contributed by atoms with Gasteiger partial charge in [-0.1, -0.05) is 0 Å². The van der Waals surface area contributed by atoms with Gasteiger partial charge in [0.05, 0.1) is 0 Å². The first-order valence-electron chi connectivity index (χ1n) is 6.11. The minimum Gasteiger partial charge on any atom is -0.396 e. The maximum Gasteiger partial charge on any atom is 0.0431 e. The van der Waals surface area contributed by atoms with E-state index < -0.39 is 0 Å². The molecule has 16 heavy (non-hydrogen) atoms. The fourth-order valence-electron chi connectivity index (χ4n) is 2.01. The molecule has 1 aliphatic carbocycles. The second kappa shape index (κ2) is 5.30. The average Bonchev–Trinajstić information content (AvgIpc) is 3.08. The van der Waals surface area contributed by atoms with Gasteiger partial charge in [-0.05, 0) is 44.7 Å². The Morgan fingerprint density at radius 1 is 1.44 bits per heavy atom. The normalized spacial score (nSPS) is 15.1. The molecule has 1 aromatic rings. The van der Waals surface area contributed by atoms with Gasteiger partial charge in [0, 0.05) is 36.8 Å². The Balaban J connectivity index is 2.01. The van der Waals surface area contributed by atoms with Crippen LogP contribution in [0.2, 0.25) is 0 Å². The van der Waals surface area contributed by atoms with E-state index in [0.29, 0.717) is 6.61 Å². The molecule has 88 valence electrons. The van der Waals surface area contributed by atoms with E-state index in [2.05, 4.69) is 22.0 Å². The number of aliphatic hydroxyl groups is 1. The molecule has 0 spiro atoms. The molecule has 0 unspecified atom stereocenters. The first-order chi connectivity index (χ1) is 7.81. The second-order valence-corrected chi connectivity index (χ2v) is 4.51. The molecule has 1 aliphatic rings. The van der Waals surface area contributed by atoms with E-state index in [-0.39, 0.29) is 0 Å².